The topological polar surface area (TPSA) is 27.7 Å². The molecule has 0 amide bonds. The van der Waals surface area contributed by atoms with Crippen LogP contribution in [0.4, 0.5) is 0 Å². The van der Waals surface area contributed by atoms with Crippen LogP contribution in [0.1, 0.15) is 24.0 Å². The minimum absolute atomic E-state index is 0.512. The van der Waals surface area contributed by atoms with Crippen molar-refractivity contribution < 1.29 is 14.2 Å². The Kier molecular flexibility index (Phi) is 10.9. The molecule has 6 aromatic carbocycles. The van der Waals surface area contributed by atoms with Crippen molar-refractivity contribution in [2.24, 2.45) is 0 Å². The van der Waals surface area contributed by atoms with Gasteiger partial charge in [0, 0.05) is 24.0 Å². The van der Waals surface area contributed by atoms with Gasteiger partial charge in [0.05, 0.1) is 25.7 Å². The highest BCUT2D eigenvalue weighted by atomic mass is 16.5. The lowest BCUT2D eigenvalue weighted by Crippen LogP contribution is -2.01. The summed E-state index contributed by atoms with van der Waals surface area (Å²) in [5.74, 6) is 1.74. The maximum Gasteiger partial charge on any atom is 0.127 e. The van der Waals surface area contributed by atoms with E-state index in [-0.39, 0.29) is 0 Å². The zero-order valence-electron chi connectivity index (χ0n) is 26.4. The molecule has 0 aliphatic heterocycles. The Morgan fingerprint density at radius 3 is 1.13 bits per heavy atom. The van der Waals surface area contributed by atoms with Crippen molar-refractivity contribution in [1.82, 2.24) is 0 Å². The summed E-state index contributed by atoms with van der Waals surface area (Å²) in [5.41, 5.74) is 8.75. The molecule has 0 aromatic heterocycles. The van der Waals surface area contributed by atoms with E-state index in [1.165, 1.54) is 0 Å². The third-order valence-corrected chi connectivity index (χ3v) is 7.91. The first kappa shape index (κ1) is 31.2. The molecule has 6 rings (SSSR count). The first-order chi connectivity index (χ1) is 23.3. The van der Waals surface area contributed by atoms with Crippen LogP contribution in [0.15, 0.2) is 182 Å². The van der Waals surface area contributed by atoms with Gasteiger partial charge in [0.15, 0.2) is 0 Å². The Labute approximate surface area is 278 Å². The molecular weight excluding hydrogens is 576 g/mol. The van der Waals surface area contributed by atoms with Gasteiger partial charge in [-0.1, -0.05) is 158 Å². The molecule has 0 saturated carbocycles. The highest BCUT2D eigenvalue weighted by molar-refractivity contribution is 5.72. The summed E-state index contributed by atoms with van der Waals surface area (Å²) in [7, 11) is 0. The summed E-state index contributed by atoms with van der Waals surface area (Å²) in [5, 5.41) is 0. The molecular formula is C44H38O3. The summed E-state index contributed by atoms with van der Waals surface area (Å²) >= 11 is 0. The fraction of sp³-hybridized carbons (Fsp3) is 0.0909. The first-order valence-electron chi connectivity index (χ1n) is 16.0. The molecule has 0 heterocycles. The molecule has 47 heavy (non-hydrogen) atoms. The number of rotatable bonds is 14. The molecule has 0 unspecified atom stereocenters. The Hall–Kier alpha value is -5.80. The Morgan fingerprint density at radius 1 is 0.383 bits per heavy atom. The monoisotopic (exact) mass is 614 g/mol. The molecule has 0 saturated heterocycles. The molecule has 3 nitrogen and oxygen atoms in total. The van der Waals surface area contributed by atoms with E-state index >= 15 is 0 Å². The van der Waals surface area contributed by atoms with Crippen LogP contribution in [0.5, 0.6) is 11.5 Å². The summed E-state index contributed by atoms with van der Waals surface area (Å²) in [6.45, 7) is 1.02. The second-order valence-corrected chi connectivity index (χ2v) is 11.1. The van der Waals surface area contributed by atoms with Crippen LogP contribution in [0, 0.1) is 0 Å². The van der Waals surface area contributed by atoms with Crippen LogP contribution in [0.3, 0.4) is 0 Å². The van der Waals surface area contributed by atoms with E-state index in [9.17, 15) is 0 Å². The first-order valence-corrected chi connectivity index (χ1v) is 16.0. The smallest absolute Gasteiger partial charge is 0.127 e. The van der Waals surface area contributed by atoms with Gasteiger partial charge in [-0.05, 0) is 45.5 Å². The van der Waals surface area contributed by atoms with Crippen molar-refractivity contribution in [3.63, 3.8) is 0 Å². The van der Waals surface area contributed by atoms with Gasteiger partial charge in [0.2, 0.25) is 0 Å². The second kappa shape index (κ2) is 16.5. The second-order valence-electron chi connectivity index (χ2n) is 11.1. The lowest BCUT2D eigenvalue weighted by Gasteiger charge is -2.14. The zero-order chi connectivity index (χ0) is 31.9. The van der Waals surface area contributed by atoms with Crippen molar-refractivity contribution in [3.8, 4) is 33.8 Å². The highest BCUT2D eigenvalue weighted by Crippen LogP contribution is 2.32. The van der Waals surface area contributed by atoms with Crippen LogP contribution in [0.25, 0.3) is 33.4 Å². The molecule has 0 aliphatic carbocycles. The van der Waals surface area contributed by atoms with Crippen molar-refractivity contribution in [2.45, 2.75) is 12.8 Å². The number of hydrogen-bond acceptors (Lipinski definition) is 3. The van der Waals surface area contributed by atoms with Crippen molar-refractivity contribution in [3.05, 3.63) is 194 Å². The Balaban J connectivity index is 1.17. The van der Waals surface area contributed by atoms with Gasteiger partial charge in [-0.2, -0.15) is 0 Å². The molecule has 0 spiro atoms. The van der Waals surface area contributed by atoms with Crippen molar-refractivity contribution in [2.75, 3.05) is 13.2 Å². The fourth-order valence-corrected chi connectivity index (χ4v) is 5.48. The highest BCUT2D eigenvalue weighted by Gasteiger charge is 2.10. The summed E-state index contributed by atoms with van der Waals surface area (Å²) in [6.07, 6.45) is 5.05. The summed E-state index contributed by atoms with van der Waals surface area (Å²) < 4.78 is 18.9. The molecule has 232 valence electrons. The number of ether oxygens (including phenoxy) is 3. The SMILES string of the molecule is C(OC=C(CCOc1ccccc1-c1ccccc1)c1ccccc1)=C(CCOc1ccccc1-c1ccccc1)c1ccccc1. The van der Waals surface area contributed by atoms with E-state index in [0.717, 1.165) is 56.0 Å². The fourth-order valence-electron chi connectivity index (χ4n) is 5.48. The van der Waals surface area contributed by atoms with Gasteiger partial charge in [-0.25, -0.2) is 0 Å². The van der Waals surface area contributed by atoms with Gasteiger partial charge in [-0.3, -0.25) is 0 Å². The zero-order valence-corrected chi connectivity index (χ0v) is 26.4. The van der Waals surface area contributed by atoms with Crippen LogP contribution in [-0.4, -0.2) is 13.2 Å². The Bertz CT molecular complexity index is 1740. The minimum atomic E-state index is 0.512. The van der Waals surface area contributed by atoms with Gasteiger partial charge < -0.3 is 14.2 Å². The third kappa shape index (κ3) is 8.68. The maximum absolute atomic E-state index is 6.35. The van der Waals surface area contributed by atoms with E-state index in [1.807, 2.05) is 122 Å². The molecule has 0 bridgehead atoms. The van der Waals surface area contributed by atoms with Gasteiger partial charge in [-0.15, -0.1) is 0 Å². The molecule has 6 aromatic rings. The average Bonchev–Trinajstić information content (AvgIpc) is 3.15. The molecule has 3 heteroatoms. The van der Waals surface area contributed by atoms with E-state index in [0.29, 0.717) is 26.1 Å². The summed E-state index contributed by atoms with van der Waals surface area (Å²) in [4.78, 5) is 0. The minimum Gasteiger partial charge on any atom is -0.493 e. The molecule has 0 aliphatic rings. The van der Waals surface area contributed by atoms with Crippen molar-refractivity contribution in [1.29, 1.82) is 0 Å². The van der Waals surface area contributed by atoms with Crippen molar-refractivity contribution >= 4 is 11.1 Å². The van der Waals surface area contributed by atoms with E-state index in [1.54, 1.807) is 0 Å². The molecule has 0 atom stereocenters. The third-order valence-electron chi connectivity index (χ3n) is 7.91. The molecule has 0 fully saturated rings. The number of para-hydroxylation sites is 2. The average molecular weight is 615 g/mol. The van der Waals surface area contributed by atoms with Crippen LogP contribution in [-0.2, 0) is 4.74 Å². The lowest BCUT2D eigenvalue weighted by molar-refractivity contribution is 0.324. The molecule has 0 radical (unpaired) electrons. The quantitative estimate of drug-likeness (QED) is 0.114. The van der Waals surface area contributed by atoms with Crippen LogP contribution in [0.2, 0.25) is 0 Å². The van der Waals surface area contributed by atoms with Crippen LogP contribution < -0.4 is 9.47 Å². The van der Waals surface area contributed by atoms with E-state index in [4.69, 9.17) is 14.2 Å². The van der Waals surface area contributed by atoms with E-state index < -0.39 is 0 Å². The standard InChI is InChI=1S/C44H38O3/c1-5-17-35(18-6-1)39(29-31-46-43-27-15-13-25-41(43)37-21-9-3-10-22-37)33-45-34-40(36-19-7-2-8-20-36)30-32-47-44-28-16-14-26-42(44)38-23-11-4-12-24-38/h1-28,33-34H,29-32H2. The Morgan fingerprint density at radius 2 is 0.723 bits per heavy atom. The summed E-state index contributed by atoms with van der Waals surface area (Å²) in [6, 6.07) is 57.7. The van der Waals surface area contributed by atoms with Gasteiger partial charge in [0.25, 0.3) is 0 Å². The predicted molar refractivity (Wildman–Crippen MR) is 194 cm³/mol. The number of benzene rings is 6. The maximum atomic E-state index is 6.35. The lowest BCUT2D eigenvalue weighted by atomic mass is 10.0. The van der Waals surface area contributed by atoms with E-state index in [2.05, 4.69) is 60.7 Å². The van der Waals surface area contributed by atoms with Gasteiger partial charge >= 0.3 is 0 Å². The largest absolute Gasteiger partial charge is 0.493 e. The van der Waals surface area contributed by atoms with Gasteiger partial charge in [0.1, 0.15) is 11.5 Å². The number of hydrogen-bond donors (Lipinski definition) is 0. The van der Waals surface area contributed by atoms with Crippen LogP contribution >= 0.6 is 0 Å². The molecule has 0 N–H and O–H groups in total. The predicted octanol–water partition coefficient (Wildman–Crippen LogP) is 11.4. The normalized spacial score (nSPS) is 11.6.